The molecule has 0 bridgehead atoms. The van der Waals surface area contributed by atoms with Crippen molar-refractivity contribution in [3.05, 3.63) is 33.9 Å². The number of halogens is 1. The van der Waals surface area contributed by atoms with Crippen LogP contribution in [0.15, 0.2) is 18.2 Å². The van der Waals surface area contributed by atoms with Gasteiger partial charge in [-0.25, -0.2) is 0 Å². The van der Waals surface area contributed by atoms with Crippen LogP contribution in [0.25, 0.3) is 0 Å². The van der Waals surface area contributed by atoms with Gasteiger partial charge in [-0.3, -0.25) is 14.9 Å². The number of likely N-dealkylation sites (tertiary alicyclic amines) is 1. The summed E-state index contributed by atoms with van der Waals surface area (Å²) in [4.78, 5) is 25.0. The van der Waals surface area contributed by atoms with E-state index in [1.54, 1.807) is 4.90 Å². The first-order chi connectivity index (χ1) is 10.6. The maximum absolute atomic E-state index is 12.7. The van der Waals surface area contributed by atoms with Crippen molar-refractivity contribution in [1.82, 2.24) is 10.2 Å². The van der Waals surface area contributed by atoms with Crippen molar-refractivity contribution in [2.24, 2.45) is 5.92 Å². The summed E-state index contributed by atoms with van der Waals surface area (Å²) in [6.07, 6.45) is 1.97. The maximum Gasteiger partial charge on any atom is 0.282 e. The number of nitrogens with zero attached hydrogens (tertiary/aromatic N) is 2. The minimum atomic E-state index is -0.526. The van der Waals surface area contributed by atoms with Crippen LogP contribution in [0.4, 0.5) is 5.69 Å². The number of amides is 1. The molecule has 1 atom stereocenters. The predicted molar refractivity (Wildman–Crippen MR) is 89.5 cm³/mol. The standard InChI is InChI=1S/C15H21N3O4.ClH/c1-16-9-11-4-3-7-17(10-11)15(19)13-8-12(22-2)5-6-14(13)18(20)21;/h5-6,8,11,16H,3-4,7,9-10H2,1-2H3;1H. The van der Waals surface area contributed by atoms with Crippen LogP contribution in [0.3, 0.4) is 0 Å². The van der Waals surface area contributed by atoms with E-state index in [2.05, 4.69) is 5.32 Å². The molecule has 0 saturated carbocycles. The highest BCUT2D eigenvalue weighted by Gasteiger charge is 2.29. The van der Waals surface area contributed by atoms with E-state index in [0.29, 0.717) is 24.8 Å². The Labute approximate surface area is 141 Å². The zero-order chi connectivity index (χ0) is 16.1. The smallest absolute Gasteiger partial charge is 0.282 e. The summed E-state index contributed by atoms with van der Waals surface area (Å²) in [7, 11) is 3.35. The summed E-state index contributed by atoms with van der Waals surface area (Å²) in [5, 5.41) is 14.3. The number of nitro groups is 1. The SMILES string of the molecule is CNCC1CCCN(C(=O)c2cc(OC)ccc2[N+](=O)[O-])C1.Cl. The normalized spacial score (nSPS) is 17.3. The first-order valence-electron chi connectivity index (χ1n) is 7.33. The Kier molecular flexibility index (Phi) is 7.25. The van der Waals surface area contributed by atoms with Gasteiger partial charge in [0, 0.05) is 19.2 Å². The van der Waals surface area contributed by atoms with Crippen LogP contribution in [0.1, 0.15) is 23.2 Å². The fourth-order valence-corrected chi connectivity index (χ4v) is 2.85. The molecule has 7 nitrogen and oxygen atoms in total. The number of hydrogen-bond acceptors (Lipinski definition) is 5. The zero-order valence-corrected chi connectivity index (χ0v) is 14.1. The maximum atomic E-state index is 12.7. The molecule has 0 aromatic heterocycles. The highest BCUT2D eigenvalue weighted by molar-refractivity contribution is 5.98. The van der Waals surface area contributed by atoms with Gasteiger partial charge in [-0.15, -0.1) is 12.4 Å². The fourth-order valence-electron chi connectivity index (χ4n) is 2.85. The third kappa shape index (κ3) is 4.56. The van der Waals surface area contributed by atoms with Gasteiger partial charge < -0.3 is 15.0 Å². The Bertz CT molecular complexity index is 566. The Hall–Kier alpha value is -1.86. The summed E-state index contributed by atoms with van der Waals surface area (Å²) in [5.41, 5.74) is -0.0870. The number of nitro benzene ring substituents is 1. The Morgan fingerprint density at radius 3 is 2.87 bits per heavy atom. The highest BCUT2D eigenvalue weighted by atomic mass is 35.5. The monoisotopic (exact) mass is 343 g/mol. The lowest BCUT2D eigenvalue weighted by Crippen LogP contribution is -2.42. The molecule has 128 valence electrons. The number of benzene rings is 1. The largest absolute Gasteiger partial charge is 0.497 e. The summed E-state index contributed by atoms with van der Waals surface area (Å²) >= 11 is 0. The van der Waals surface area contributed by atoms with Crippen LogP contribution in [0.5, 0.6) is 5.75 Å². The van der Waals surface area contributed by atoms with E-state index in [1.807, 2.05) is 7.05 Å². The van der Waals surface area contributed by atoms with E-state index in [4.69, 9.17) is 4.74 Å². The van der Waals surface area contributed by atoms with Crippen LogP contribution < -0.4 is 10.1 Å². The Morgan fingerprint density at radius 2 is 2.26 bits per heavy atom. The molecule has 1 aromatic carbocycles. The second-order valence-corrected chi connectivity index (χ2v) is 5.46. The first-order valence-corrected chi connectivity index (χ1v) is 7.33. The van der Waals surface area contributed by atoms with Crippen LogP contribution in [0, 0.1) is 16.0 Å². The number of carbonyl (C=O) groups excluding carboxylic acids is 1. The molecular formula is C15H22ClN3O4. The van der Waals surface area contributed by atoms with Gasteiger partial charge in [0.25, 0.3) is 11.6 Å². The number of nitrogens with one attached hydrogen (secondary N) is 1. The van der Waals surface area contributed by atoms with E-state index in [0.717, 1.165) is 19.4 Å². The molecule has 1 aliphatic rings. The molecule has 1 unspecified atom stereocenters. The highest BCUT2D eigenvalue weighted by Crippen LogP contribution is 2.27. The van der Waals surface area contributed by atoms with E-state index < -0.39 is 4.92 Å². The summed E-state index contributed by atoms with van der Waals surface area (Å²) in [5.74, 6) is 0.525. The molecule has 1 fully saturated rings. The molecule has 1 aromatic rings. The number of carbonyl (C=O) groups is 1. The van der Waals surface area contributed by atoms with Crippen molar-refractivity contribution in [3.63, 3.8) is 0 Å². The molecule has 0 spiro atoms. The van der Waals surface area contributed by atoms with Crippen molar-refractivity contribution < 1.29 is 14.5 Å². The Balaban J connectivity index is 0.00000264. The van der Waals surface area contributed by atoms with Crippen molar-refractivity contribution >= 4 is 24.0 Å². The topological polar surface area (TPSA) is 84.7 Å². The number of ether oxygens (including phenoxy) is 1. The lowest BCUT2D eigenvalue weighted by molar-refractivity contribution is -0.385. The molecule has 1 N–H and O–H groups in total. The van der Waals surface area contributed by atoms with Gasteiger partial charge in [-0.2, -0.15) is 0 Å². The minimum absolute atomic E-state index is 0. The molecule has 0 radical (unpaired) electrons. The Morgan fingerprint density at radius 1 is 1.52 bits per heavy atom. The number of methoxy groups -OCH3 is 1. The van der Waals surface area contributed by atoms with Gasteiger partial charge in [-0.1, -0.05) is 0 Å². The van der Waals surface area contributed by atoms with Crippen LogP contribution >= 0.6 is 12.4 Å². The molecule has 2 rings (SSSR count). The van der Waals surface area contributed by atoms with Crippen LogP contribution in [-0.2, 0) is 0 Å². The molecule has 0 aliphatic carbocycles. The van der Waals surface area contributed by atoms with Crippen molar-refractivity contribution in [2.45, 2.75) is 12.8 Å². The third-order valence-corrected chi connectivity index (χ3v) is 3.93. The molecule has 1 aliphatic heterocycles. The molecule has 1 amide bonds. The molecular weight excluding hydrogens is 322 g/mol. The van der Waals surface area contributed by atoms with Crippen LogP contribution in [0.2, 0.25) is 0 Å². The van der Waals surface area contributed by atoms with Crippen molar-refractivity contribution in [2.75, 3.05) is 33.8 Å². The summed E-state index contributed by atoms with van der Waals surface area (Å²) < 4.78 is 5.08. The van der Waals surface area contributed by atoms with E-state index >= 15 is 0 Å². The summed E-state index contributed by atoms with van der Waals surface area (Å²) in [6.45, 7) is 2.09. The molecule has 1 saturated heterocycles. The van der Waals surface area contributed by atoms with E-state index in [9.17, 15) is 14.9 Å². The van der Waals surface area contributed by atoms with E-state index in [-0.39, 0.29) is 29.6 Å². The van der Waals surface area contributed by atoms with Gasteiger partial charge in [-0.05, 0) is 44.5 Å². The van der Waals surface area contributed by atoms with Crippen LogP contribution in [-0.4, -0.2) is 49.5 Å². The molecule has 8 heteroatoms. The first kappa shape index (κ1) is 19.2. The summed E-state index contributed by atoms with van der Waals surface area (Å²) in [6, 6.07) is 4.26. The van der Waals surface area contributed by atoms with Gasteiger partial charge in [0.1, 0.15) is 11.3 Å². The van der Waals surface area contributed by atoms with Crippen molar-refractivity contribution in [3.8, 4) is 5.75 Å². The molecule has 23 heavy (non-hydrogen) atoms. The second-order valence-electron chi connectivity index (χ2n) is 5.46. The lowest BCUT2D eigenvalue weighted by Gasteiger charge is -2.32. The average Bonchev–Trinajstić information content (AvgIpc) is 2.54. The number of hydrogen-bond donors (Lipinski definition) is 1. The average molecular weight is 344 g/mol. The van der Waals surface area contributed by atoms with Gasteiger partial charge in [0.15, 0.2) is 0 Å². The van der Waals surface area contributed by atoms with Gasteiger partial charge in [0.2, 0.25) is 0 Å². The van der Waals surface area contributed by atoms with Crippen molar-refractivity contribution in [1.29, 1.82) is 0 Å². The number of piperidine rings is 1. The fraction of sp³-hybridized carbons (Fsp3) is 0.533. The van der Waals surface area contributed by atoms with Gasteiger partial charge in [0.05, 0.1) is 12.0 Å². The lowest BCUT2D eigenvalue weighted by atomic mass is 9.97. The molecule has 1 heterocycles. The predicted octanol–water partition coefficient (Wildman–Crippen LogP) is 2.10. The number of rotatable bonds is 5. The van der Waals surface area contributed by atoms with Gasteiger partial charge >= 0.3 is 0 Å². The zero-order valence-electron chi connectivity index (χ0n) is 13.3. The quantitative estimate of drug-likeness (QED) is 0.653. The second kappa shape index (κ2) is 8.69. The minimum Gasteiger partial charge on any atom is -0.497 e. The third-order valence-electron chi connectivity index (χ3n) is 3.93. The van der Waals surface area contributed by atoms with E-state index in [1.165, 1.54) is 25.3 Å².